The summed E-state index contributed by atoms with van der Waals surface area (Å²) >= 11 is 0. The summed E-state index contributed by atoms with van der Waals surface area (Å²) in [6.07, 6.45) is 2.06. The SMILES string of the molecule is CCCC/C(=C(/CC(=O)O)C(=O)OCC)c1cccc(OC)c1. The Kier molecular flexibility index (Phi) is 7.88. The number of unbranched alkanes of at least 4 members (excludes halogenated alkanes) is 1. The van der Waals surface area contributed by atoms with E-state index in [-0.39, 0.29) is 18.6 Å². The second-order valence-electron chi connectivity index (χ2n) is 5.08. The Morgan fingerprint density at radius 2 is 1.96 bits per heavy atom. The van der Waals surface area contributed by atoms with Gasteiger partial charge in [0, 0.05) is 0 Å². The van der Waals surface area contributed by atoms with Crippen LogP contribution >= 0.6 is 0 Å². The number of ether oxygens (including phenoxy) is 2. The Bertz CT molecular complexity index is 575. The van der Waals surface area contributed by atoms with Gasteiger partial charge in [0.2, 0.25) is 0 Å². The smallest absolute Gasteiger partial charge is 0.334 e. The minimum atomic E-state index is -1.05. The maximum Gasteiger partial charge on any atom is 0.334 e. The topological polar surface area (TPSA) is 72.8 Å². The monoisotopic (exact) mass is 320 g/mol. The number of hydrogen-bond donors (Lipinski definition) is 1. The van der Waals surface area contributed by atoms with Crippen LogP contribution in [0.3, 0.4) is 0 Å². The maximum atomic E-state index is 12.2. The molecule has 0 aliphatic heterocycles. The van der Waals surface area contributed by atoms with Crippen LogP contribution in [-0.2, 0) is 14.3 Å². The number of carboxylic acid groups (broad SMARTS) is 1. The highest BCUT2D eigenvalue weighted by Crippen LogP contribution is 2.29. The predicted octanol–water partition coefficient (Wildman–Crippen LogP) is 3.68. The van der Waals surface area contributed by atoms with Gasteiger partial charge in [-0.25, -0.2) is 4.79 Å². The van der Waals surface area contributed by atoms with Crippen LogP contribution in [0.2, 0.25) is 0 Å². The molecule has 1 N–H and O–H groups in total. The number of esters is 1. The van der Waals surface area contributed by atoms with Crippen LogP contribution in [-0.4, -0.2) is 30.8 Å². The first kappa shape index (κ1) is 18.7. The highest BCUT2D eigenvalue weighted by Gasteiger charge is 2.21. The van der Waals surface area contributed by atoms with E-state index >= 15 is 0 Å². The van der Waals surface area contributed by atoms with E-state index in [4.69, 9.17) is 14.6 Å². The standard InChI is InChI=1S/C18H24O5/c1-4-6-10-15(13-8-7-9-14(11-13)22-3)16(12-17(19)20)18(21)23-5-2/h7-9,11H,4-6,10,12H2,1-3H3,(H,19,20)/b16-15+. The third-order valence-electron chi connectivity index (χ3n) is 3.41. The van der Waals surface area contributed by atoms with Crippen LogP contribution in [0, 0.1) is 0 Å². The lowest BCUT2D eigenvalue weighted by molar-refractivity contribution is -0.142. The average Bonchev–Trinajstić information content (AvgIpc) is 2.54. The van der Waals surface area contributed by atoms with E-state index in [1.807, 2.05) is 31.2 Å². The predicted molar refractivity (Wildman–Crippen MR) is 88.3 cm³/mol. The van der Waals surface area contributed by atoms with E-state index in [0.717, 1.165) is 18.4 Å². The van der Waals surface area contributed by atoms with Gasteiger partial charge in [-0.2, -0.15) is 0 Å². The molecule has 0 saturated carbocycles. The van der Waals surface area contributed by atoms with E-state index in [1.54, 1.807) is 14.0 Å². The number of benzene rings is 1. The summed E-state index contributed by atoms with van der Waals surface area (Å²) in [5.41, 5.74) is 1.72. The zero-order chi connectivity index (χ0) is 17.2. The molecule has 0 aliphatic carbocycles. The Hall–Kier alpha value is -2.30. The van der Waals surface area contributed by atoms with Crippen LogP contribution < -0.4 is 4.74 Å². The van der Waals surface area contributed by atoms with Gasteiger partial charge < -0.3 is 14.6 Å². The molecule has 0 atom stereocenters. The van der Waals surface area contributed by atoms with Gasteiger partial charge in [-0.15, -0.1) is 0 Å². The van der Waals surface area contributed by atoms with Gasteiger partial charge >= 0.3 is 11.9 Å². The molecule has 0 bridgehead atoms. The van der Waals surface area contributed by atoms with E-state index in [1.165, 1.54) is 0 Å². The molecule has 0 aliphatic rings. The fraction of sp³-hybridized carbons (Fsp3) is 0.444. The maximum absolute atomic E-state index is 12.2. The number of rotatable bonds is 9. The summed E-state index contributed by atoms with van der Waals surface area (Å²) in [6, 6.07) is 7.30. The van der Waals surface area contributed by atoms with E-state index in [0.29, 0.717) is 17.7 Å². The second kappa shape index (κ2) is 9.66. The Balaban J connectivity index is 3.39. The van der Waals surface area contributed by atoms with Crippen molar-refractivity contribution < 1.29 is 24.2 Å². The van der Waals surface area contributed by atoms with Crippen molar-refractivity contribution in [2.45, 2.75) is 39.5 Å². The Morgan fingerprint density at radius 1 is 1.22 bits per heavy atom. The minimum Gasteiger partial charge on any atom is -0.497 e. The fourth-order valence-corrected chi connectivity index (χ4v) is 2.31. The van der Waals surface area contributed by atoms with Crippen LogP contribution in [0.25, 0.3) is 5.57 Å². The summed E-state index contributed by atoms with van der Waals surface area (Å²) in [4.78, 5) is 23.4. The fourth-order valence-electron chi connectivity index (χ4n) is 2.31. The van der Waals surface area contributed by atoms with Crippen LogP contribution in [0.4, 0.5) is 0 Å². The van der Waals surface area contributed by atoms with Crippen molar-refractivity contribution in [1.82, 2.24) is 0 Å². The van der Waals surface area contributed by atoms with Gasteiger partial charge in [-0.1, -0.05) is 25.5 Å². The molecule has 126 valence electrons. The lowest BCUT2D eigenvalue weighted by atomic mass is 9.93. The normalized spacial score (nSPS) is 11.6. The number of methoxy groups -OCH3 is 1. The van der Waals surface area contributed by atoms with Gasteiger partial charge in [-0.05, 0) is 43.0 Å². The first-order valence-corrected chi connectivity index (χ1v) is 7.78. The molecule has 1 aromatic rings. The number of carbonyl (C=O) groups is 2. The molecule has 1 rings (SSSR count). The third-order valence-corrected chi connectivity index (χ3v) is 3.41. The van der Waals surface area contributed by atoms with Gasteiger partial charge in [-0.3, -0.25) is 4.79 Å². The third kappa shape index (κ3) is 5.77. The molecular weight excluding hydrogens is 296 g/mol. The first-order valence-electron chi connectivity index (χ1n) is 7.78. The zero-order valence-electron chi connectivity index (χ0n) is 13.9. The summed E-state index contributed by atoms with van der Waals surface area (Å²) < 4.78 is 10.3. The number of carboxylic acids is 1. The van der Waals surface area contributed by atoms with E-state index < -0.39 is 11.9 Å². The summed E-state index contributed by atoms with van der Waals surface area (Å²) in [5, 5.41) is 9.16. The lowest BCUT2D eigenvalue weighted by Crippen LogP contribution is -2.14. The quantitative estimate of drug-likeness (QED) is 0.555. The molecule has 0 heterocycles. The van der Waals surface area contributed by atoms with Gasteiger partial charge in [0.05, 0.1) is 25.7 Å². The van der Waals surface area contributed by atoms with Gasteiger partial charge in [0.25, 0.3) is 0 Å². The summed E-state index contributed by atoms with van der Waals surface area (Å²) in [7, 11) is 1.57. The number of allylic oxidation sites excluding steroid dienone is 1. The number of aliphatic carboxylic acids is 1. The molecule has 5 nitrogen and oxygen atoms in total. The van der Waals surface area contributed by atoms with Crippen molar-refractivity contribution in [3.63, 3.8) is 0 Å². The average molecular weight is 320 g/mol. The molecular formula is C18H24O5. The van der Waals surface area contributed by atoms with Crippen molar-refractivity contribution in [3.8, 4) is 5.75 Å². The summed E-state index contributed by atoms with van der Waals surface area (Å²) in [6.45, 7) is 3.96. The lowest BCUT2D eigenvalue weighted by Gasteiger charge is -2.15. The van der Waals surface area contributed by atoms with Crippen LogP contribution in [0.15, 0.2) is 29.8 Å². The highest BCUT2D eigenvalue weighted by atomic mass is 16.5. The Labute approximate surface area is 136 Å². The molecule has 0 radical (unpaired) electrons. The molecule has 1 aromatic carbocycles. The molecule has 0 saturated heterocycles. The molecule has 0 fully saturated rings. The molecule has 23 heavy (non-hydrogen) atoms. The molecule has 0 unspecified atom stereocenters. The molecule has 5 heteroatoms. The summed E-state index contributed by atoms with van der Waals surface area (Å²) in [5.74, 6) is -0.955. The van der Waals surface area contributed by atoms with Gasteiger partial charge in [0.1, 0.15) is 5.75 Å². The zero-order valence-corrected chi connectivity index (χ0v) is 13.9. The van der Waals surface area contributed by atoms with E-state index in [2.05, 4.69) is 0 Å². The van der Waals surface area contributed by atoms with Crippen molar-refractivity contribution in [2.75, 3.05) is 13.7 Å². The first-order chi connectivity index (χ1) is 11.0. The van der Waals surface area contributed by atoms with Crippen molar-refractivity contribution in [3.05, 3.63) is 35.4 Å². The van der Waals surface area contributed by atoms with Crippen LogP contribution in [0.1, 0.15) is 45.1 Å². The van der Waals surface area contributed by atoms with Crippen molar-refractivity contribution in [1.29, 1.82) is 0 Å². The van der Waals surface area contributed by atoms with Gasteiger partial charge in [0.15, 0.2) is 0 Å². The second-order valence-corrected chi connectivity index (χ2v) is 5.08. The number of carbonyl (C=O) groups excluding carboxylic acids is 1. The van der Waals surface area contributed by atoms with Crippen molar-refractivity contribution >= 4 is 17.5 Å². The number of hydrogen-bond acceptors (Lipinski definition) is 4. The minimum absolute atomic E-state index is 0.209. The molecule has 0 aromatic heterocycles. The van der Waals surface area contributed by atoms with Crippen molar-refractivity contribution in [2.24, 2.45) is 0 Å². The van der Waals surface area contributed by atoms with Crippen LogP contribution in [0.5, 0.6) is 5.75 Å². The largest absolute Gasteiger partial charge is 0.497 e. The van der Waals surface area contributed by atoms with E-state index in [9.17, 15) is 9.59 Å². The highest BCUT2D eigenvalue weighted by molar-refractivity contribution is 6.01. The Morgan fingerprint density at radius 3 is 2.52 bits per heavy atom. The molecule has 0 spiro atoms. The molecule has 0 amide bonds.